The first-order valence-corrected chi connectivity index (χ1v) is 10.9. The van der Waals surface area contributed by atoms with Gasteiger partial charge in [-0.3, -0.25) is 9.59 Å². The number of aryl methyl sites for hydroxylation is 2. The number of anilines is 1. The fraction of sp³-hybridized carbons (Fsp3) is 0.167. The maximum Gasteiger partial charge on any atom is 0.272 e. The highest BCUT2D eigenvalue weighted by Gasteiger charge is 2.41. The Hall–Kier alpha value is -2.76. The van der Waals surface area contributed by atoms with Gasteiger partial charge in [0.25, 0.3) is 11.8 Å². The van der Waals surface area contributed by atoms with Gasteiger partial charge in [-0.2, -0.15) is 0 Å². The van der Waals surface area contributed by atoms with Crippen molar-refractivity contribution in [2.75, 3.05) is 4.90 Å². The van der Waals surface area contributed by atoms with E-state index in [1.165, 1.54) is 16.7 Å². The quantitative estimate of drug-likeness (QED) is 0.454. The van der Waals surface area contributed by atoms with Gasteiger partial charge in [0.1, 0.15) is 5.76 Å². The molecule has 1 aliphatic rings. The summed E-state index contributed by atoms with van der Waals surface area (Å²) in [6.45, 7) is 5.76. The van der Waals surface area contributed by atoms with Gasteiger partial charge in [-0.05, 0) is 61.7 Å². The molecule has 0 fully saturated rings. The number of furan rings is 1. The molecular formula is C24H20ClNO3S. The first-order valence-electron chi connectivity index (χ1n) is 9.49. The van der Waals surface area contributed by atoms with Crippen molar-refractivity contribution in [1.29, 1.82) is 0 Å². The molecule has 30 heavy (non-hydrogen) atoms. The van der Waals surface area contributed by atoms with Crippen molar-refractivity contribution in [2.24, 2.45) is 0 Å². The molecule has 2 aromatic carbocycles. The molecule has 0 radical (unpaired) electrons. The van der Waals surface area contributed by atoms with Gasteiger partial charge in [0, 0.05) is 5.02 Å². The molecule has 0 saturated heterocycles. The molecule has 152 valence electrons. The third-order valence-electron chi connectivity index (χ3n) is 5.11. The van der Waals surface area contributed by atoms with E-state index in [2.05, 4.69) is 0 Å². The molecule has 0 saturated carbocycles. The number of halogens is 1. The Morgan fingerprint density at radius 2 is 1.80 bits per heavy atom. The highest BCUT2D eigenvalue weighted by atomic mass is 35.5. The molecule has 0 unspecified atom stereocenters. The number of rotatable bonds is 5. The van der Waals surface area contributed by atoms with Crippen LogP contribution in [0.25, 0.3) is 5.57 Å². The molecule has 4 rings (SSSR count). The second-order valence-corrected chi connectivity index (χ2v) is 8.61. The Morgan fingerprint density at radius 3 is 2.50 bits per heavy atom. The Kier molecular flexibility index (Phi) is 5.58. The molecule has 0 aliphatic carbocycles. The molecule has 2 amide bonds. The van der Waals surface area contributed by atoms with Crippen molar-refractivity contribution in [3.8, 4) is 0 Å². The molecular weight excluding hydrogens is 418 g/mol. The van der Waals surface area contributed by atoms with Crippen molar-refractivity contribution in [3.05, 3.63) is 92.7 Å². The molecule has 0 bridgehead atoms. The van der Waals surface area contributed by atoms with Crippen LogP contribution in [0, 0.1) is 20.8 Å². The van der Waals surface area contributed by atoms with Crippen LogP contribution in [-0.2, 0) is 15.3 Å². The van der Waals surface area contributed by atoms with Crippen LogP contribution in [0.1, 0.15) is 28.0 Å². The number of hydrogen-bond acceptors (Lipinski definition) is 4. The van der Waals surface area contributed by atoms with Gasteiger partial charge in [0.2, 0.25) is 0 Å². The first kappa shape index (κ1) is 20.5. The maximum atomic E-state index is 13.6. The predicted molar refractivity (Wildman–Crippen MR) is 122 cm³/mol. The third kappa shape index (κ3) is 3.59. The smallest absolute Gasteiger partial charge is 0.272 e. The number of thioether (sulfide) groups is 1. The van der Waals surface area contributed by atoms with Crippen molar-refractivity contribution in [2.45, 2.75) is 26.5 Å². The SMILES string of the molecule is Cc1ccc(C2=C(SCc3ccco3)C(=O)N(c3cccc(Cl)c3C)C2=O)c(C)c1. The molecule has 0 N–H and O–H groups in total. The van der Waals surface area contributed by atoms with Gasteiger partial charge >= 0.3 is 0 Å². The fourth-order valence-corrected chi connectivity index (χ4v) is 4.75. The molecule has 0 atom stereocenters. The number of hydrogen-bond donors (Lipinski definition) is 0. The van der Waals surface area contributed by atoms with E-state index in [-0.39, 0.29) is 11.8 Å². The Morgan fingerprint density at radius 1 is 1.00 bits per heavy atom. The van der Waals surface area contributed by atoms with Crippen LogP contribution in [-0.4, -0.2) is 11.8 Å². The topological polar surface area (TPSA) is 50.5 Å². The minimum Gasteiger partial charge on any atom is -0.468 e. The van der Waals surface area contributed by atoms with E-state index in [9.17, 15) is 9.59 Å². The summed E-state index contributed by atoms with van der Waals surface area (Å²) in [4.78, 5) is 28.7. The van der Waals surface area contributed by atoms with Gasteiger partial charge < -0.3 is 4.42 Å². The Balaban J connectivity index is 1.82. The van der Waals surface area contributed by atoms with Crippen molar-refractivity contribution < 1.29 is 14.0 Å². The van der Waals surface area contributed by atoms with E-state index in [4.69, 9.17) is 16.0 Å². The number of nitrogens with zero attached hydrogens (tertiary/aromatic N) is 1. The lowest BCUT2D eigenvalue weighted by atomic mass is 9.98. The van der Waals surface area contributed by atoms with E-state index >= 15 is 0 Å². The summed E-state index contributed by atoms with van der Waals surface area (Å²) in [6, 6.07) is 14.8. The zero-order valence-electron chi connectivity index (χ0n) is 16.9. The standard InChI is InChI=1S/C24H20ClNO3S/c1-14-9-10-18(15(2)12-14)21-22(30-13-17-6-5-11-29-17)24(28)26(23(21)27)20-8-4-7-19(25)16(20)3/h4-12H,13H2,1-3H3. The fourth-order valence-electron chi connectivity index (χ4n) is 3.57. The number of carbonyl (C=O) groups excluding carboxylic acids is 2. The zero-order chi connectivity index (χ0) is 21.4. The lowest BCUT2D eigenvalue weighted by Crippen LogP contribution is -2.32. The average Bonchev–Trinajstić information content (AvgIpc) is 3.30. The summed E-state index contributed by atoms with van der Waals surface area (Å²) in [6.07, 6.45) is 1.60. The Bertz CT molecular complexity index is 1180. The summed E-state index contributed by atoms with van der Waals surface area (Å²) in [5.74, 6) is 0.527. The number of carbonyl (C=O) groups is 2. The van der Waals surface area contributed by atoms with Crippen LogP contribution in [0.5, 0.6) is 0 Å². The largest absolute Gasteiger partial charge is 0.468 e. The Labute approximate surface area is 184 Å². The molecule has 2 heterocycles. The molecule has 4 nitrogen and oxygen atoms in total. The normalized spacial score (nSPS) is 14.2. The maximum absolute atomic E-state index is 13.6. The summed E-state index contributed by atoms with van der Waals surface area (Å²) < 4.78 is 5.41. The van der Waals surface area contributed by atoms with E-state index in [1.54, 1.807) is 30.5 Å². The number of amides is 2. The van der Waals surface area contributed by atoms with E-state index in [0.717, 1.165) is 22.5 Å². The average molecular weight is 438 g/mol. The monoisotopic (exact) mass is 437 g/mol. The van der Waals surface area contributed by atoms with Crippen LogP contribution in [0.3, 0.4) is 0 Å². The lowest BCUT2D eigenvalue weighted by Gasteiger charge is -2.18. The van der Waals surface area contributed by atoms with Gasteiger partial charge in [-0.25, -0.2) is 4.90 Å². The summed E-state index contributed by atoms with van der Waals surface area (Å²) >= 11 is 7.59. The highest BCUT2D eigenvalue weighted by Crippen LogP contribution is 2.42. The second-order valence-electron chi connectivity index (χ2n) is 7.22. The van der Waals surface area contributed by atoms with Crippen molar-refractivity contribution >= 4 is 46.4 Å². The summed E-state index contributed by atoms with van der Waals surface area (Å²) in [5.41, 5.74) is 4.44. The van der Waals surface area contributed by atoms with E-state index < -0.39 is 0 Å². The van der Waals surface area contributed by atoms with Crippen LogP contribution in [0.4, 0.5) is 5.69 Å². The third-order valence-corrected chi connectivity index (χ3v) is 6.62. The minimum atomic E-state index is -0.336. The minimum absolute atomic E-state index is 0.334. The van der Waals surface area contributed by atoms with E-state index in [1.807, 2.05) is 45.0 Å². The summed E-state index contributed by atoms with van der Waals surface area (Å²) in [7, 11) is 0. The van der Waals surface area contributed by atoms with Crippen LogP contribution >= 0.6 is 23.4 Å². The first-order chi connectivity index (χ1) is 14.4. The lowest BCUT2D eigenvalue weighted by molar-refractivity contribution is -0.119. The number of benzene rings is 2. The van der Waals surface area contributed by atoms with Gasteiger partial charge in [0.05, 0.1) is 28.2 Å². The number of imide groups is 1. The van der Waals surface area contributed by atoms with Crippen molar-refractivity contribution in [3.63, 3.8) is 0 Å². The molecule has 1 aromatic heterocycles. The zero-order valence-corrected chi connectivity index (χ0v) is 18.4. The van der Waals surface area contributed by atoms with Gasteiger partial charge in [-0.1, -0.05) is 41.4 Å². The van der Waals surface area contributed by atoms with Crippen LogP contribution in [0.2, 0.25) is 5.02 Å². The summed E-state index contributed by atoms with van der Waals surface area (Å²) in [5, 5.41) is 0.512. The highest BCUT2D eigenvalue weighted by molar-refractivity contribution is 8.03. The molecule has 6 heteroatoms. The van der Waals surface area contributed by atoms with Gasteiger partial charge in [-0.15, -0.1) is 11.8 Å². The molecule has 3 aromatic rings. The second kappa shape index (κ2) is 8.17. The van der Waals surface area contributed by atoms with E-state index in [0.29, 0.717) is 32.5 Å². The van der Waals surface area contributed by atoms with Crippen LogP contribution < -0.4 is 4.90 Å². The molecule has 1 aliphatic heterocycles. The van der Waals surface area contributed by atoms with Crippen molar-refractivity contribution in [1.82, 2.24) is 0 Å². The predicted octanol–water partition coefficient (Wildman–Crippen LogP) is 6.08. The van der Waals surface area contributed by atoms with Gasteiger partial charge in [0.15, 0.2) is 0 Å². The van der Waals surface area contributed by atoms with Crippen LogP contribution in [0.15, 0.2) is 64.1 Å². The molecule has 0 spiro atoms.